The van der Waals surface area contributed by atoms with Crippen LogP contribution in [0, 0.1) is 0 Å². The van der Waals surface area contributed by atoms with Crippen LogP contribution in [0.1, 0.15) is 27.2 Å². The number of anilines is 1. The first kappa shape index (κ1) is 16.6. The van der Waals surface area contributed by atoms with Crippen LogP contribution in [-0.4, -0.2) is 54.7 Å². The van der Waals surface area contributed by atoms with Crippen molar-refractivity contribution in [2.45, 2.75) is 33.3 Å². The highest BCUT2D eigenvalue weighted by Crippen LogP contribution is 2.17. The molecule has 0 radical (unpaired) electrons. The molecule has 0 atom stereocenters. The van der Waals surface area contributed by atoms with Gasteiger partial charge in [-0.1, -0.05) is 6.92 Å². The number of nitrogens with one attached hydrogen (secondary N) is 1. The van der Waals surface area contributed by atoms with Crippen molar-refractivity contribution in [3.05, 3.63) is 24.3 Å². The molecule has 5 heteroatoms. The summed E-state index contributed by atoms with van der Waals surface area (Å²) in [5.41, 5.74) is 0.803. The average Bonchev–Trinajstić information content (AvgIpc) is 2.50. The summed E-state index contributed by atoms with van der Waals surface area (Å²) in [6, 6.07) is 7.50. The molecule has 1 aliphatic rings. The van der Waals surface area contributed by atoms with Crippen molar-refractivity contribution < 1.29 is 9.53 Å². The maximum absolute atomic E-state index is 12.3. The van der Waals surface area contributed by atoms with E-state index in [1.807, 2.05) is 43.0 Å². The van der Waals surface area contributed by atoms with Crippen LogP contribution in [0.2, 0.25) is 0 Å². The fraction of sp³-hybridized carbons (Fsp3) is 0.588. The third-order valence-electron chi connectivity index (χ3n) is 3.68. The number of hydrogen-bond donors (Lipinski definition) is 1. The Kier molecular flexibility index (Phi) is 6.07. The standard InChI is InChI=1S/C17H27N3O2/c1-4-9-19-10-12-20(13-11-19)17(21)18-15-5-7-16(8-6-15)22-14(2)3/h5-8,14H,4,9-13H2,1-3H3,(H,18,21). The first-order valence-electron chi connectivity index (χ1n) is 8.13. The predicted molar refractivity (Wildman–Crippen MR) is 89.5 cm³/mol. The molecule has 0 saturated carbocycles. The first-order valence-corrected chi connectivity index (χ1v) is 8.13. The molecule has 1 N–H and O–H groups in total. The second-order valence-corrected chi connectivity index (χ2v) is 5.95. The van der Waals surface area contributed by atoms with E-state index in [9.17, 15) is 4.79 Å². The number of rotatable bonds is 5. The van der Waals surface area contributed by atoms with Crippen molar-refractivity contribution in [3.63, 3.8) is 0 Å². The Balaban J connectivity index is 1.82. The van der Waals surface area contributed by atoms with Crippen LogP contribution in [0.25, 0.3) is 0 Å². The predicted octanol–water partition coefficient (Wildman–Crippen LogP) is 3.03. The molecule has 0 spiro atoms. The van der Waals surface area contributed by atoms with E-state index in [0.29, 0.717) is 0 Å². The van der Waals surface area contributed by atoms with E-state index in [2.05, 4.69) is 17.1 Å². The molecule has 0 aromatic heterocycles. The Hall–Kier alpha value is -1.75. The minimum Gasteiger partial charge on any atom is -0.491 e. The molecule has 1 aromatic rings. The molecule has 1 fully saturated rings. The minimum atomic E-state index is -0.0197. The fourth-order valence-electron chi connectivity index (χ4n) is 2.58. The zero-order valence-electron chi connectivity index (χ0n) is 13.8. The summed E-state index contributed by atoms with van der Waals surface area (Å²) >= 11 is 0. The topological polar surface area (TPSA) is 44.8 Å². The Labute approximate surface area is 133 Å². The molecule has 1 saturated heterocycles. The van der Waals surface area contributed by atoms with Gasteiger partial charge in [-0.3, -0.25) is 4.90 Å². The van der Waals surface area contributed by atoms with E-state index in [0.717, 1.165) is 50.6 Å². The van der Waals surface area contributed by atoms with Crippen LogP contribution in [-0.2, 0) is 0 Å². The summed E-state index contributed by atoms with van der Waals surface area (Å²) in [7, 11) is 0. The molecule has 1 aromatic carbocycles. The van der Waals surface area contributed by atoms with Gasteiger partial charge in [0.05, 0.1) is 6.10 Å². The molecular formula is C17H27N3O2. The molecule has 122 valence electrons. The van der Waals surface area contributed by atoms with Crippen molar-refractivity contribution in [3.8, 4) is 5.75 Å². The number of amides is 2. The summed E-state index contributed by atoms with van der Waals surface area (Å²) in [5, 5.41) is 2.95. The Bertz CT molecular complexity index is 465. The summed E-state index contributed by atoms with van der Waals surface area (Å²) in [5.74, 6) is 0.821. The number of benzene rings is 1. The molecule has 2 amide bonds. The van der Waals surface area contributed by atoms with Gasteiger partial charge in [-0.25, -0.2) is 4.79 Å². The second kappa shape index (κ2) is 8.03. The summed E-state index contributed by atoms with van der Waals surface area (Å²) in [4.78, 5) is 16.5. The lowest BCUT2D eigenvalue weighted by Crippen LogP contribution is -2.50. The number of nitrogens with zero attached hydrogens (tertiary/aromatic N) is 2. The number of hydrogen-bond acceptors (Lipinski definition) is 3. The van der Waals surface area contributed by atoms with E-state index in [1.54, 1.807) is 0 Å². The van der Waals surface area contributed by atoms with Gasteiger partial charge in [-0.2, -0.15) is 0 Å². The Morgan fingerprint density at radius 3 is 2.36 bits per heavy atom. The smallest absolute Gasteiger partial charge is 0.321 e. The minimum absolute atomic E-state index is 0.0197. The van der Waals surface area contributed by atoms with Crippen LogP contribution in [0.4, 0.5) is 10.5 Å². The van der Waals surface area contributed by atoms with Crippen molar-refractivity contribution in [1.29, 1.82) is 0 Å². The SMILES string of the molecule is CCCN1CCN(C(=O)Nc2ccc(OC(C)C)cc2)CC1. The van der Waals surface area contributed by atoms with Gasteiger partial charge >= 0.3 is 6.03 Å². The zero-order chi connectivity index (χ0) is 15.9. The fourth-order valence-corrected chi connectivity index (χ4v) is 2.58. The Morgan fingerprint density at radius 1 is 1.18 bits per heavy atom. The van der Waals surface area contributed by atoms with Gasteiger partial charge in [0.15, 0.2) is 0 Å². The van der Waals surface area contributed by atoms with Gasteiger partial charge in [0, 0.05) is 31.9 Å². The van der Waals surface area contributed by atoms with E-state index < -0.39 is 0 Å². The molecule has 1 heterocycles. The van der Waals surface area contributed by atoms with Crippen LogP contribution < -0.4 is 10.1 Å². The average molecular weight is 305 g/mol. The van der Waals surface area contributed by atoms with Crippen LogP contribution in [0.3, 0.4) is 0 Å². The molecule has 2 rings (SSSR count). The lowest BCUT2D eigenvalue weighted by molar-refractivity contribution is 0.147. The third kappa shape index (κ3) is 4.91. The molecule has 1 aliphatic heterocycles. The van der Waals surface area contributed by atoms with Gasteiger partial charge in [-0.05, 0) is 51.1 Å². The largest absolute Gasteiger partial charge is 0.491 e. The van der Waals surface area contributed by atoms with Crippen molar-refractivity contribution in [1.82, 2.24) is 9.80 Å². The Morgan fingerprint density at radius 2 is 1.82 bits per heavy atom. The highest BCUT2D eigenvalue weighted by atomic mass is 16.5. The molecule has 0 aliphatic carbocycles. The molecule has 5 nitrogen and oxygen atoms in total. The van der Waals surface area contributed by atoms with Gasteiger partial charge < -0.3 is 15.0 Å². The van der Waals surface area contributed by atoms with Gasteiger partial charge in [-0.15, -0.1) is 0 Å². The number of carbonyl (C=O) groups excluding carboxylic acids is 1. The number of urea groups is 1. The number of piperazine rings is 1. The zero-order valence-corrected chi connectivity index (χ0v) is 13.8. The lowest BCUT2D eigenvalue weighted by Gasteiger charge is -2.34. The summed E-state index contributed by atoms with van der Waals surface area (Å²) in [6.45, 7) is 10.8. The van der Waals surface area contributed by atoms with Crippen molar-refractivity contribution in [2.24, 2.45) is 0 Å². The number of carbonyl (C=O) groups is 1. The van der Waals surface area contributed by atoms with Gasteiger partial charge in [0.1, 0.15) is 5.75 Å². The highest BCUT2D eigenvalue weighted by molar-refractivity contribution is 5.89. The quantitative estimate of drug-likeness (QED) is 0.909. The third-order valence-corrected chi connectivity index (χ3v) is 3.68. The second-order valence-electron chi connectivity index (χ2n) is 5.95. The number of ether oxygens (including phenoxy) is 1. The van der Waals surface area contributed by atoms with E-state index >= 15 is 0 Å². The molecule has 0 bridgehead atoms. The van der Waals surface area contributed by atoms with Gasteiger partial charge in [0.25, 0.3) is 0 Å². The summed E-state index contributed by atoms with van der Waals surface area (Å²) < 4.78 is 5.60. The van der Waals surface area contributed by atoms with Crippen molar-refractivity contribution in [2.75, 3.05) is 38.0 Å². The van der Waals surface area contributed by atoms with Crippen molar-refractivity contribution >= 4 is 11.7 Å². The van der Waals surface area contributed by atoms with E-state index in [1.165, 1.54) is 0 Å². The van der Waals surface area contributed by atoms with Crippen LogP contribution in [0.15, 0.2) is 24.3 Å². The maximum atomic E-state index is 12.3. The molecule has 0 unspecified atom stereocenters. The summed E-state index contributed by atoms with van der Waals surface area (Å²) in [6.07, 6.45) is 1.32. The molecular weight excluding hydrogens is 278 g/mol. The normalized spacial score (nSPS) is 15.9. The van der Waals surface area contributed by atoms with E-state index in [-0.39, 0.29) is 12.1 Å². The maximum Gasteiger partial charge on any atom is 0.321 e. The van der Waals surface area contributed by atoms with Crippen LogP contribution >= 0.6 is 0 Å². The molecule has 22 heavy (non-hydrogen) atoms. The van der Waals surface area contributed by atoms with Crippen LogP contribution in [0.5, 0.6) is 5.75 Å². The van der Waals surface area contributed by atoms with Gasteiger partial charge in [0.2, 0.25) is 0 Å². The van der Waals surface area contributed by atoms with E-state index in [4.69, 9.17) is 4.74 Å². The lowest BCUT2D eigenvalue weighted by atomic mass is 10.3. The highest BCUT2D eigenvalue weighted by Gasteiger charge is 2.20. The first-order chi connectivity index (χ1) is 10.6. The monoisotopic (exact) mass is 305 g/mol.